The van der Waals surface area contributed by atoms with E-state index in [2.05, 4.69) is 55.2 Å². The van der Waals surface area contributed by atoms with Gasteiger partial charge in [0, 0.05) is 23.2 Å². The first-order valence-corrected chi connectivity index (χ1v) is 11.8. The Bertz CT molecular complexity index is 1250. The zero-order valence-corrected chi connectivity index (χ0v) is 20.5. The summed E-state index contributed by atoms with van der Waals surface area (Å²) < 4.78 is 16.3. The molecule has 2 aromatic carbocycles. The molecule has 0 radical (unpaired) electrons. The maximum atomic E-state index is 11.9. The van der Waals surface area contributed by atoms with Crippen LogP contribution in [0.3, 0.4) is 0 Å². The lowest BCUT2D eigenvalue weighted by molar-refractivity contribution is 0.0514. The van der Waals surface area contributed by atoms with Gasteiger partial charge in [0.1, 0.15) is 12.4 Å². The number of hydrogen-bond acceptors (Lipinski definition) is 6. The number of hydrogen-bond donors (Lipinski definition) is 0. The number of carbonyl (C=O) groups is 1. The summed E-state index contributed by atoms with van der Waals surface area (Å²) in [6.45, 7) is 9.18. The topological polar surface area (TPSA) is 74.5 Å². The predicted octanol–water partition coefficient (Wildman–Crippen LogP) is 6.45. The average molecular weight is 471 g/mol. The standard InChI is InChI=1S/C29H30N2O4/c1-5-33-28(32)26-18-27(35-31-26)21-9-11-22(12-10-21)29(4,20(2)3)23-13-15-25(16-14-23)34-19-24-8-6-7-17-30-24/h6-18,20H,5,19H2,1-4H3. The number of carbonyl (C=O) groups excluding carboxylic acids is 1. The summed E-state index contributed by atoms with van der Waals surface area (Å²) in [5.41, 5.74) is 4.09. The van der Waals surface area contributed by atoms with Crippen molar-refractivity contribution in [3.8, 4) is 17.1 Å². The van der Waals surface area contributed by atoms with Gasteiger partial charge in [-0.1, -0.05) is 68.4 Å². The van der Waals surface area contributed by atoms with Gasteiger partial charge in [-0.15, -0.1) is 0 Å². The minimum atomic E-state index is -0.487. The quantitative estimate of drug-likeness (QED) is 0.262. The van der Waals surface area contributed by atoms with Crippen molar-refractivity contribution >= 4 is 5.97 Å². The van der Waals surface area contributed by atoms with E-state index in [1.807, 2.05) is 42.5 Å². The van der Waals surface area contributed by atoms with Gasteiger partial charge in [-0.3, -0.25) is 4.98 Å². The number of benzene rings is 2. The molecule has 0 spiro atoms. The SMILES string of the molecule is CCOC(=O)c1cc(-c2ccc(C(C)(c3ccc(OCc4ccccn4)cc3)C(C)C)cc2)on1. The minimum absolute atomic E-state index is 0.170. The summed E-state index contributed by atoms with van der Waals surface area (Å²) in [6, 6.07) is 23.9. The second kappa shape index (κ2) is 10.6. The van der Waals surface area contributed by atoms with Crippen LogP contribution in [0, 0.1) is 5.92 Å². The predicted molar refractivity (Wildman–Crippen MR) is 134 cm³/mol. The Hall–Kier alpha value is -3.93. The lowest BCUT2D eigenvalue weighted by Gasteiger charge is -2.35. The molecule has 0 bridgehead atoms. The second-order valence-electron chi connectivity index (χ2n) is 8.87. The first kappa shape index (κ1) is 24.2. The molecule has 6 heteroatoms. The molecular weight excluding hydrogens is 440 g/mol. The number of pyridine rings is 1. The molecule has 0 amide bonds. The zero-order valence-electron chi connectivity index (χ0n) is 20.5. The monoisotopic (exact) mass is 470 g/mol. The molecular formula is C29H30N2O4. The normalized spacial score (nSPS) is 12.8. The van der Waals surface area contributed by atoms with Crippen molar-refractivity contribution in [3.05, 3.63) is 102 Å². The smallest absolute Gasteiger partial charge is 0.360 e. The van der Waals surface area contributed by atoms with Crippen LogP contribution in [-0.4, -0.2) is 22.7 Å². The molecule has 4 rings (SSSR count). The van der Waals surface area contributed by atoms with Crippen LogP contribution in [0.2, 0.25) is 0 Å². The molecule has 6 nitrogen and oxygen atoms in total. The number of ether oxygens (including phenoxy) is 2. The van der Waals surface area contributed by atoms with E-state index >= 15 is 0 Å². The summed E-state index contributed by atoms with van der Waals surface area (Å²) in [4.78, 5) is 16.2. The molecule has 4 aromatic rings. The molecule has 2 heterocycles. The molecule has 180 valence electrons. The van der Waals surface area contributed by atoms with Crippen molar-refractivity contribution in [2.24, 2.45) is 5.92 Å². The van der Waals surface area contributed by atoms with E-state index < -0.39 is 5.97 Å². The van der Waals surface area contributed by atoms with Crippen LogP contribution in [0.25, 0.3) is 11.3 Å². The molecule has 1 unspecified atom stereocenters. The third kappa shape index (κ3) is 5.27. The van der Waals surface area contributed by atoms with Gasteiger partial charge in [-0.25, -0.2) is 4.79 Å². The Kier molecular flexibility index (Phi) is 7.30. The van der Waals surface area contributed by atoms with Gasteiger partial charge < -0.3 is 14.0 Å². The maximum Gasteiger partial charge on any atom is 0.360 e. The second-order valence-corrected chi connectivity index (χ2v) is 8.87. The zero-order chi connectivity index (χ0) is 24.8. The molecule has 0 aliphatic carbocycles. The van der Waals surface area contributed by atoms with Crippen molar-refractivity contribution in [1.29, 1.82) is 0 Å². The highest BCUT2D eigenvalue weighted by Gasteiger charge is 2.32. The molecule has 0 fully saturated rings. The fourth-order valence-corrected chi connectivity index (χ4v) is 4.06. The Morgan fingerprint density at radius 1 is 1.00 bits per heavy atom. The molecule has 0 saturated heterocycles. The Morgan fingerprint density at radius 3 is 2.29 bits per heavy atom. The number of aromatic nitrogens is 2. The number of nitrogens with zero attached hydrogens (tertiary/aromatic N) is 2. The summed E-state index contributed by atoms with van der Waals surface area (Å²) in [7, 11) is 0. The van der Waals surface area contributed by atoms with E-state index in [9.17, 15) is 4.79 Å². The Labute approximate surface area is 205 Å². The van der Waals surface area contributed by atoms with Crippen LogP contribution < -0.4 is 4.74 Å². The highest BCUT2D eigenvalue weighted by Crippen LogP contribution is 2.40. The Balaban J connectivity index is 1.53. The molecule has 0 N–H and O–H groups in total. The Morgan fingerprint density at radius 2 is 1.69 bits per heavy atom. The molecule has 0 saturated carbocycles. The van der Waals surface area contributed by atoms with Gasteiger partial charge in [-0.05, 0) is 48.2 Å². The van der Waals surface area contributed by atoms with Crippen LogP contribution in [0.4, 0.5) is 0 Å². The molecule has 1 atom stereocenters. The lowest BCUT2D eigenvalue weighted by atomic mass is 9.68. The van der Waals surface area contributed by atoms with Gasteiger partial charge in [0.05, 0.1) is 12.3 Å². The first-order chi connectivity index (χ1) is 16.9. The third-order valence-electron chi connectivity index (χ3n) is 6.49. The van der Waals surface area contributed by atoms with Gasteiger partial charge in [0.25, 0.3) is 0 Å². The summed E-state index contributed by atoms with van der Waals surface area (Å²) in [5.74, 6) is 1.19. The van der Waals surface area contributed by atoms with Crippen LogP contribution in [-0.2, 0) is 16.8 Å². The van der Waals surface area contributed by atoms with Crippen LogP contribution >= 0.6 is 0 Å². The van der Waals surface area contributed by atoms with Crippen molar-refractivity contribution in [1.82, 2.24) is 10.1 Å². The number of esters is 1. The highest BCUT2D eigenvalue weighted by atomic mass is 16.5. The molecule has 2 aromatic heterocycles. The average Bonchev–Trinajstić information content (AvgIpc) is 3.39. The van der Waals surface area contributed by atoms with Crippen molar-refractivity contribution in [2.45, 2.75) is 39.7 Å². The first-order valence-electron chi connectivity index (χ1n) is 11.8. The van der Waals surface area contributed by atoms with E-state index in [1.54, 1.807) is 19.2 Å². The van der Waals surface area contributed by atoms with Crippen molar-refractivity contribution in [3.63, 3.8) is 0 Å². The summed E-state index contributed by atoms with van der Waals surface area (Å²) in [6.07, 6.45) is 1.77. The molecule has 0 aliphatic heterocycles. The lowest BCUT2D eigenvalue weighted by Crippen LogP contribution is -2.30. The van der Waals surface area contributed by atoms with Gasteiger partial charge in [-0.2, -0.15) is 0 Å². The largest absolute Gasteiger partial charge is 0.487 e. The van der Waals surface area contributed by atoms with Gasteiger partial charge in [0.2, 0.25) is 0 Å². The highest BCUT2D eigenvalue weighted by molar-refractivity contribution is 5.88. The maximum absolute atomic E-state index is 11.9. The van der Waals surface area contributed by atoms with Crippen LogP contribution in [0.1, 0.15) is 55.0 Å². The molecule has 0 aliphatic rings. The number of rotatable bonds is 9. The fraction of sp³-hybridized carbons (Fsp3) is 0.276. The summed E-state index contributed by atoms with van der Waals surface area (Å²) >= 11 is 0. The van der Waals surface area contributed by atoms with E-state index in [0.717, 1.165) is 17.0 Å². The van der Waals surface area contributed by atoms with Gasteiger partial charge >= 0.3 is 5.97 Å². The van der Waals surface area contributed by atoms with Crippen LogP contribution in [0.15, 0.2) is 83.5 Å². The fourth-order valence-electron chi connectivity index (χ4n) is 4.06. The van der Waals surface area contributed by atoms with E-state index in [1.165, 1.54) is 11.1 Å². The van der Waals surface area contributed by atoms with Crippen molar-refractivity contribution in [2.75, 3.05) is 6.61 Å². The van der Waals surface area contributed by atoms with E-state index in [-0.39, 0.29) is 11.1 Å². The third-order valence-corrected chi connectivity index (χ3v) is 6.49. The van der Waals surface area contributed by atoms with E-state index in [0.29, 0.717) is 24.9 Å². The summed E-state index contributed by atoms with van der Waals surface area (Å²) in [5, 5.41) is 3.84. The van der Waals surface area contributed by atoms with Gasteiger partial charge in [0.15, 0.2) is 11.5 Å². The van der Waals surface area contributed by atoms with Crippen LogP contribution in [0.5, 0.6) is 5.75 Å². The van der Waals surface area contributed by atoms with Crippen molar-refractivity contribution < 1.29 is 18.8 Å². The molecule has 35 heavy (non-hydrogen) atoms. The minimum Gasteiger partial charge on any atom is -0.487 e. The van der Waals surface area contributed by atoms with E-state index in [4.69, 9.17) is 14.0 Å².